The van der Waals surface area contributed by atoms with Gasteiger partial charge in [-0.1, -0.05) is 18.2 Å². The molecule has 0 saturated heterocycles. The standard InChI is InChI=1S/C16H16BrN3S/c17-16-7-6-15(21-16)8-10-18-12-13-9-11-20(19-13)14-4-2-1-3-5-14/h1-7,9,11,18H,8,10,12H2. The molecule has 0 bridgehead atoms. The van der Waals surface area contributed by atoms with Gasteiger partial charge in [-0.2, -0.15) is 5.10 Å². The van der Waals surface area contributed by atoms with E-state index in [0.717, 1.165) is 30.9 Å². The largest absolute Gasteiger partial charge is 0.311 e. The summed E-state index contributed by atoms with van der Waals surface area (Å²) in [6.07, 6.45) is 3.05. The smallest absolute Gasteiger partial charge is 0.0766 e. The molecule has 108 valence electrons. The fourth-order valence-corrected chi connectivity index (χ4v) is 3.58. The first-order valence-corrected chi connectivity index (χ1v) is 8.47. The van der Waals surface area contributed by atoms with Crippen molar-refractivity contribution in [2.75, 3.05) is 6.54 Å². The van der Waals surface area contributed by atoms with Crippen LogP contribution in [0.3, 0.4) is 0 Å². The molecule has 0 unspecified atom stereocenters. The summed E-state index contributed by atoms with van der Waals surface area (Å²) in [7, 11) is 0. The van der Waals surface area contributed by atoms with Gasteiger partial charge in [-0.15, -0.1) is 11.3 Å². The highest BCUT2D eigenvalue weighted by molar-refractivity contribution is 9.11. The fourth-order valence-electron chi connectivity index (χ4n) is 2.09. The van der Waals surface area contributed by atoms with Crippen molar-refractivity contribution in [1.82, 2.24) is 15.1 Å². The molecule has 0 spiro atoms. The van der Waals surface area contributed by atoms with E-state index in [0.29, 0.717) is 0 Å². The Morgan fingerprint density at radius 3 is 2.71 bits per heavy atom. The molecule has 3 nitrogen and oxygen atoms in total. The number of halogens is 1. The van der Waals surface area contributed by atoms with Crippen molar-refractivity contribution >= 4 is 27.3 Å². The van der Waals surface area contributed by atoms with Crippen molar-refractivity contribution in [3.05, 3.63) is 69.1 Å². The molecule has 1 N–H and O–H groups in total. The minimum Gasteiger partial charge on any atom is -0.311 e. The van der Waals surface area contributed by atoms with Gasteiger partial charge in [0, 0.05) is 24.2 Å². The van der Waals surface area contributed by atoms with Gasteiger partial charge in [0.05, 0.1) is 15.2 Å². The summed E-state index contributed by atoms with van der Waals surface area (Å²) in [6.45, 7) is 1.76. The Hall–Kier alpha value is -1.43. The number of rotatable bonds is 6. The van der Waals surface area contributed by atoms with Gasteiger partial charge in [0.25, 0.3) is 0 Å². The first kappa shape index (κ1) is 14.5. The van der Waals surface area contributed by atoms with Gasteiger partial charge in [-0.05, 0) is 52.7 Å². The van der Waals surface area contributed by atoms with Crippen LogP contribution in [0, 0.1) is 0 Å². The molecule has 0 atom stereocenters. The summed E-state index contributed by atoms with van der Waals surface area (Å²) in [5.41, 5.74) is 2.15. The molecule has 3 aromatic rings. The zero-order chi connectivity index (χ0) is 14.5. The van der Waals surface area contributed by atoms with Gasteiger partial charge in [-0.25, -0.2) is 4.68 Å². The second-order valence-electron chi connectivity index (χ2n) is 4.72. The lowest BCUT2D eigenvalue weighted by Crippen LogP contribution is -2.16. The summed E-state index contributed by atoms with van der Waals surface area (Å²) in [4.78, 5) is 1.39. The molecule has 0 fully saturated rings. The minimum absolute atomic E-state index is 0.798. The van der Waals surface area contributed by atoms with Crippen LogP contribution in [0.4, 0.5) is 0 Å². The summed E-state index contributed by atoms with van der Waals surface area (Å²) in [6, 6.07) is 16.5. The molecule has 0 aliphatic heterocycles. The van der Waals surface area contributed by atoms with Crippen molar-refractivity contribution in [2.24, 2.45) is 0 Å². The van der Waals surface area contributed by atoms with E-state index in [4.69, 9.17) is 0 Å². The predicted octanol–water partition coefficient (Wildman–Crippen LogP) is 4.03. The Kier molecular flexibility index (Phi) is 4.85. The van der Waals surface area contributed by atoms with E-state index < -0.39 is 0 Å². The maximum Gasteiger partial charge on any atom is 0.0766 e. The van der Waals surface area contributed by atoms with Crippen molar-refractivity contribution in [3.8, 4) is 5.69 Å². The highest BCUT2D eigenvalue weighted by atomic mass is 79.9. The molecule has 5 heteroatoms. The Balaban J connectivity index is 1.49. The van der Waals surface area contributed by atoms with Crippen LogP contribution in [0.25, 0.3) is 5.69 Å². The van der Waals surface area contributed by atoms with Gasteiger partial charge in [0.15, 0.2) is 0 Å². The third-order valence-electron chi connectivity index (χ3n) is 3.15. The van der Waals surface area contributed by atoms with Crippen LogP contribution in [-0.4, -0.2) is 16.3 Å². The van der Waals surface area contributed by atoms with Crippen LogP contribution in [0.1, 0.15) is 10.6 Å². The van der Waals surface area contributed by atoms with E-state index in [1.165, 1.54) is 8.66 Å². The number of para-hydroxylation sites is 1. The molecule has 2 heterocycles. The molecular formula is C16H16BrN3S. The molecule has 3 rings (SSSR count). The molecule has 0 saturated carbocycles. The maximum absolute atomic E-state index is 4.58. The van der Waals surface area contributed by atoms with Gasteiger partial charge in [0.2, 0.25) is 0 Å². The quantitative estimate of drug-likeness (QED) is 0.671. The lowest BCUT2D eigenvalue weighted by molar-refractivity contribution is 0.669. The molecule has 0 amide bonds. The second-order valence-corrected chi connectivity index (χ2v) is 7.27. The van der Waals surface area contributed by atoms with Crippen LogP contribution in [0.5, 0.6) is 0 Å². The zero-order valence-electron chi connectivity index (χ0n) is 11.5. The number of nitrogens with one attached hydrogen (secondary N) is 1. The first-order valence-electron chi connectivity index (χ1n) is 6.86. The lowest BCUT2D eigenvalue weighted by atomic mass is 10.3. The summed E-state index contributed by atoms with van der Waals surface area (Å²) in [5.74, 6) is 0. The van der Waals surface area contributed by atoms with E-state index in [1.807, 2.05) is 29.1 Å². The number of hydrogen-bond acceptors (Lipinski definition) is 3. The highest BCUT2D eigenvalue weighted by Gasteiger charge is 2.01. The molecule has 0 radical (unpaired) electrons. The molecule has 2 aromatic heterocycles. The third-order valence-corrected chi connectivity index (χ3v) is 4.83. The van der Waals surface area contributed by atoms with Crippen LogP contribution >= 0.6 is 27.3 Å². The molecule has 1 aromatic carbocycles. The Morgan fingerprint density at radius 1 is 1.10 bits per heavy atom. The van der Waals surface area contributed by atoms with Gasteiger partial charge in [-0.3, -0.25) is 0 Å². The summed E-state index contributed by atoms with van der Waals surface area (Å²) in [5, 5.41) is 8.02. The minimum atomic E-state index is 0.798. The molecule has 0 aliphatic carbocycles. The van der Waals surface area contributed by atoms with E-state index in [2.05, 4.69) is 56.7 Å². The molecule has 21 heavy (non-hydrogen) atoms. The monoisotopic (exact) mass is 361 g/mol. The summed E-state index contributed by atoms with van der Waals surface area (Å²) >= 11 is 5.28. The average Bonchev–Trinajstić information content (AvgIpc) is 3.14. The number of benzene rings is 1. The van der Waals surface area contributed by atoms with Crippen LogP contribution in [-0.2, 0) is 13.0 Å². The Bertz CT molecular complexity index is 690. The number of thiophene rings is 1. The van der Waals surface area contributed by atoms with E-state index in [1.54, 1.807) is 11.3 Å². The van der Waals surface area contributed by atoms with Gasteiger partial charge in [0.1, 0.15) is 0 Å². The van der Waals surface area contributed by atoms with E-state index in [9.17, 15) is 0 Å². The van der Waals surface area contributed by atoms with Gasteiger partial charge >= 0.3 is 0 Å². The predicted molar refractivity (Wildman–Crippen MR) is 91.0 cm³/mol. The Labute approximate surface area is 136 Å². The van der Waals surface area contributed by atoms with Crippen molar-refractivity contribution in [2.45, 2.75) is 13.0 Å². The zero-order valence-corrected chi connectivity index (χ0v) is 13.9. The topological polar surface area (TPSA) is 29.9 Å². The van der Waals surface area contributed by atoms with Crippen LogP contribution < -0.4 is 5.32 Å². The van der Waals surface area contributed by atoms with E-state index in [-0.39, 0.29) is 0 Å². The number of hydrogen-bond donors (Lipinski definition) is 1. The first-order chi connectivity index (χ1) is 10.3. The van der Waals surface area contributed by atoms with Crippen molar-refractivity contribution in [3.63, 3.8) is 0 Å². The SMILES string of the molecule is Brc1ccc(CCNCc2ccn(-c3ccccc3)n2)s1. The van der Waals surface area contributed by atoms with Crippen LogP contribution in [0.2, 0.25) is 0 Å². The second kappa shape index (κ2) is 7.02. The van der Waals surface area contributed by atoms with Gasteiger partial charge < -0.3 is 5.32 Å². The third kappa shape index (κ3) is 4.03. The molecule has 0 aliphatic rings. The average molecular weight is 362 g/mol. The van der Waals surface area contributed by atoms with E-state index >= 15 is 0 Å². The lowest BCUT2D eigenvalue weighted by Gasteiger charge is -2.02. The number of nitrogens with zero attached hydrogens (tertiary/aromatic N) is 2. The molecular weight excluding hydrogens is 346 g/mol. The van der Waals surface area contributed by atoms with Crippen molar-refractivity contribution < 1.29 is 0 Å². The van der Waals surface area contributed by atoms with Crippen molar-refractivity contribution in [1.29, 1.82) is 0 Å². The summed E-state index contributed by atoms with van der Waals surface area (Å²) < 4.78 is 3.10. The normalized spacial score (nSPS) is 10.9. The Morgan fingerprint density at radius 2 is 1.95 bits per heavy atom. The number of aromatic nitrogens is 2. The fraction of sp³-hybridized carbons (Fsp3) is 0.188. The highest BCUT2D eigenvalue weighted by Crippen LogP contribution is 2.22. The van der Waals surface area contributed by atoms with Crippen LogP contribution in [0.15, 0.2) is 58.5 Å². The maximum atomic E-state index is 4.58.